The van der Waals surface area contributed by atoms with Gasteiger partial charge in [-0.2, -0.15) is 5.10 Å². The van der Waals surface area contributed by atoms with Gasteiger partial charge in [-0.05, 0) is 28.1 Å². The third-order valence-corrected chi connectivity index (χ3v) is 5.19. The van der Waals surface area contributed by atoms with Crippen molar-refractivity contribution in [2.24, 2.45) is 7.05 Å². The van der Waals surface area contributed by atoms with Gasteiger partial charge in [0.2, 0.25) is 0 Å². The molecule has 3 aromatic rings. The highest BCUT2D eigenvalue weighted by Gasteiger charge is 2.23. The first-order valence-corrected chi connectivity index (χ1v) is 9.04. The number of hydrogen-bond acceptors (Lipinski definition) is 6. The van der Waals surface area contributed by atoms with Crippen LogP contribution in [0.2, 0.25) is 0 Å². The maximum atomic E-state index is 14.0. The lowest BCUT2D eigenvalue weighted by Crippen LogP contribution is -2.47. The SMILES string of the molecule is COc1ccc(N2CCN(c3ncnc4c3c(Br)nn4C)CC2)cc1F. The van der Waals surface area contributed by atoms with Crippen molar-refractivity contribution in [3.05, 3.63) is 34.9 Å². The molecule has 0 N–H and O–H groups in total. The molecule has 0 aliphatic carbocycles. The molecule has 0 spiro atoms. The van der Waals surface area contributed by atoms with Gasteiger partial charge in [-0.3, -0.25) is 0 Å². The van der Waals surface area contributed by atoms with Crippen molar-refractivity contribution in [3.8, 4) is 5.75 Å². The van der Waals surface area contributed by atoms with Gasteiger partial charge in [0.15, 0.2) is 17.2 Å². The Morgan fingerprint density at radius 1 is 1.12 bits per heavy atom. The van der Waals surface area contributed by atoms with Gasteiger partial charge in [0.25, 0.3) is 0 Å². The Bertz CT molecular complexity index is 954. The van der Waals surface area contributed by atoms with Gasteiger partial charge in [0.05, 0.1) is 12.5 Å². The van der Waals surface area contributed by atoms with E-state index in [1.807, 2.05) is 13.1 Å². The van der Waals surface area contributed by atoms with Gasteiger partial charge in [0, 0.05) is 45.0 Å². The Hall–Kier alpha value is -2.42. The molecule has 7 nitrogen and oxygen atoms in total. The number of benzene rings is 1. The van der Waals surface area contributed by atoms with E-state index in [-0.39, 0.29) is 11.6 Å². The summed E-state index contributed by atoms with van der Waals surface area (Å²) in [5, 5.41) is 5.29. The average Bonchev–Trinajstić information content (AvgIpc) is 2.96. The molecule has 0 saturated carbocycles. The van der Waals surface area contributed by atoms with Crippen molar-refractivity contribution in [2.45, 2.75) is 0 Å². The number of halogens is 2. The van der Waals surface area contributed by atoms with Crippen molar-refractivity contribution in [2.75, 3.05) is 43.1 Å². The summed E-state index contributed by atoms with van der Waals surface area (Å²) in [6.45, 7) is 3.10. The molecule has 1 aromatic carbocycles. The van der Waals surface area contributed by atoms with Crippen LogP contribution < -0.4 is 14.5 Å². The monoisotopic (exact) mass is 420 g/mol. The molecule has 136 valence electrons. The summed E-state index contributed by atoms with van der Waals surface area (Å²) in [5.41, 5.74) is 1.65. The standard InChI is InChI=1S/C17H18BrFN6O/c1-23-16-14(15(18)22-23)17(21-10-20-16)25-7-5-24(6-8-25)11-3-4-13(26-2)12(19)9-11/h3-4,9-10H,5-8H2,1-2H3. The molecule has 1 aliphatic heterocycles. The number of piperazine rings is 1. The summed E-state index contributed by atoms with van der Waals surface area (Å²) in [6.07, 6.45) is 1.57. The second-order valence-corrected chi connectivity index (χ2v) is 6.85. The zero-order valence-corrected chi connectivity index (χ0v) is 16.1. The molecule has 0 atom stereocenters. The Labute approximate surface area is 158 Å². The van der Waals surface area contributed by atoms with Crippen LogP contribution in [-0.4, -0.2) is 53.0 Å². The first kappa shape index (κ1) is 17.0. The maximum Gasteiger partial charge on any atom is 0.167 e. The van der Waals surface area contributed by atoms with Gasteiger partial charge in [0.1, 0.15) is 16.7 Å². The number of anilines is 2. The van der Waals surface area contributed by atoms with Crippen LogP contribution >= 0.6 is 15.9 Å². The summed E-state index contributed by atoms with van der Waals surface area (Å²) < 4.78 is 21.4. The molecule has 26 heavy (non-hydrogen) atoms. The van der Waals surface area contributed by atoms with Gasteiger partial charge >= 0.3 is 0 Å². The number of ether oxygens (including phenoxy) is 1. The lowest BCUT2D eigenvalue weighted by molar-refractivity contribution is 0.386. The van der Waals surface area contributed by atoms with Crippen molar-refractivity contribution < 1.29 is 9.13 Å². The lowest BCUT2D eigenvalue weighted by atomic mass is 10.2. The van der Waals surface area contributed by atoms with Gasteiger partial charge in [-0.15, -0.1) is 0 Å². The van der Waals surface area contributed by atoms with Crippen LogP contribution in [0.5, 0.6) is 5.75 Å². The highest BCUT2D eigenvalue weighted by atomic mass is 79.9. The zero-order chi connectivity index (χ0) is 18.3. The van der Waals surface area contributed by atoms with E-state index in [1.54, 1.807) is 17.1 Å². The number of nitrogens with zero attached hydrogens (tertiary/aromatic N) is 6. The van der Waals surface area contributed by atoms with Crippen LogP contribution in [0.15, 0.2) is 29.1 Å². The minimum atomic E-state index is -0.343. The number of aromatic nitrogens is 4. The molecular weight excluding hydrogens is 403 g/mol. The van der Waals surface area contributed by atoms with E-state index in [1.165, 1.54) is 13.2 Å². The largest absolute Gasteiger partial charge is 0.494 e. The molecule has 3 heterocycles. The van der Waals surface area contributed by atoms with Crippen LogP contribution in [0, 0.1) is 5.82 Å². The Balaban J connectivity index is 1.55. The van der Waals surface area contributed by atoms with E-state index in [2.05, 4.69) is 40.8 Å². The molecular formula is C17H18BrFN6O. The maximum absolute atomic E-state index is 14.0. The predicted molar refractivity (Wildman–Crippen MR) is 101 cm³/mol. The van der Waals surface area contributed by atoms with Crippen molar-refractivity contribution in [3.63, 3.8) is 0 Å². The summed E-state index contributed by atoms with van der Waals surface area (Å²) >= 11 is 3.50. The molecule has 1 saturated heterocycles. The molecule has 2 aromatic heterocycles. The lowest BCUT2D eigenvalue weighted by Gasteiger charge is -2.37. The number of rotatable bonds is 3. The van der Waals surface area contributed by atoms with Crippen LogP contribution in [0.25, 0.3) is 11.0 Å². The molecule has 0 radical (unpaired) electrons. The zero-order valence-electron chi connectivity index (χ0n) is 14.5. The Morgan fingerprint density at radius 2 is 1.85 bits per heavy atom. The average molecular weight is 421 g/mol. The van der Waals surface area contributed by atoms with Gasteiger partial charge in [-0.25, -0.2) is 19.0 Å². The smallest absolute Gasteiger partial charge is 0.167 e. The van der Waals surface area contributed by atoms with E-state index < -0.39 is 0 Å². The van der Waals surface area contributed by atoms with Crippen LogP contribution in [0.3, 0.4) is 0 Å². The molecule has 1 aliphatic rings. The van der Waals surface area contributed by atoms with E-state index in [9.17, 15) is 4.39 Å². The molecule has 0 unspecified atom stereocenters. The highest BCUT2D eigenvalue weighted by Crippen LogP contribution is 2.31. The molecule has 1 fully saturated rings. The van der Waals surface area contributed by atoms with E-state index in [0.717, 1.165) is 53.3 Å². The van der Waals surface area contributed by atoms with Crippen molar-refractivity contribution >= 4 is 38.5 Å². The minimum Gasteiger partial charge on any atom is -0.494 e. The van der Waals surface area contributed by atoms with E-state index in [4.69, 9.17) is 4.74 Å². The fourth-order valence-corrected chi connectivity index (χ4v) is 3.89. The number of methoxy groups -OCH3 is 1. The van der Waals surface area contributed by atoms with Crippen molar-refractivity contribution in [1.82, 2.24) is 19.7 Å². The number of fused-ring (bicyclic) bond motifs is 1. The molecule has 4 rings (SSSR count). The third kappa shape index (κ3) is 2.86. The number of aryl methyl sites for hydroxylation is 1. The second-order valence-electron chi connectivity index (χ2n) is 6.10. The van der Waals surface area contributed by atoms with Gasteiger partial charge in [-0.1, -0.05) is 0 Å². The van der Waals surface area contributed by atoms with Crippen LogP contribution in [-0.2, 0) is 7.05 Å². The fraction of sp³-hybridized carbons (Fsp3) is 0.353. The molecule has 0 bridgehead atoms. The third-order valence-electron chi connectivity index (χ3n) is 4.64. The van der Waals surface area contributed by atoms with E-state index in [0.29, 0.717) is 0 Å². The molecule has 0 amide bonds. The first-order valence-electron chi connectivity index (χ1n) is 8.25. The second kappa shape index (κ2) is 6.71. The Morgan fingerprint density at radius 3 is 2.54 bits per heavy atom. The van der Waals surface area contributed by atoms with E-state index >= 15 is 0 Å². The molecule has 9 heteroatoms. The summed E-state index contributed by atoms with van der Waals surface area (Å²) in [5.74, 6) is 0.789. The topological polar surface area (TPSA) is 59.3 Å². The summed E-state index contributed by atoms with van der Waals surface area (Å²) in [7, 11) is 3.33. The summed E-state index contributed by atoms with van der Waals surface area (Å²) in [6, 6.07) is 5.07. The van der Waals surface area contributed by atoms with Crippen molar-refractivity contribution in [1.29, 1.82) is 0 Å². The predicted octanol–water partition coefficient (Wildman–Crippen LogP) is 2.60. The minimum absolute atomic E-state index is 0.261. The highest BCUT2D eigenvalue weighted by molar-refractivity contribution is 9.10. The fourth-order valence-electron chi connectivity index (χ4n) is 3.29. The first-order chi connectivity index (χ1) is 12.6. The number of hydrogen-bond donors (Lipinski definition) is 0. The normalized spacial score (nSPS) is 14.9. The Kier molecular flexibility index (Phi) is 4.39. The summed E-state index contributed by atoms with van der Waals surface area (Å²) in [4.78, 5) is 13.2. The van der Waals surface area contributed by atoms with Crippen LogP contribution in [0.1, 0.15) is 0 Å². The van der Waals surface area contributed by atoms with Gasteiger partial charge < -0.3 is 14.5 Å². The quantitative estimate of drug-likeness (QED) is 0.648. The van der Waals surface area contributed by atoms with Crippen LogP contribution in [0.4, 0.5) is 15.9 Å².